The summed E-state index contributed by atoms with van der Waals surface area (Å²) in [6, 6.07) is 11.6. The number of benzene rings is 2. The molecule has 106 valence electrons. The third-order valence-corrected chi connectivity index (χ3v) is 4.37. The molecular weight excluding hydrogens is 328 g/mol. The Bertz CT molecular complexity index is 859. The maximum atomic E-state index is 12.7. The summed E-state index contributed by atoms with van der Waals surface area (Å²) >= 11 is 3.42. The highest BCUT2D eigenvalue weighted by Gasteiger charge is 2.19. The van der Waals surface area contributed by atoms with E-state index in [-0.39, 0.29) is 5.78 Å². The fourth-order valence-corrected chi connectivity index (χ4v) is 2.77. The zero-order valence-corrected chi connectivity index (χ0v) is 13.7. The molecule has 0 saturated carbocycles. The molecule has 0 unspecified atom stereocenters. The van der Waals surface area contributed by atoms with Gasteiger partial charge in [0.25, 0.3) is 0 Å². The SMILES string of the molecule is Cc1ccc(C(=O)c2oc3cc(Br)ccc3c2C)cc1C. The molecule has 2 nitrogen and oxygen atoms in total. The Morgan fingerprint density at radius 3 is 2.48 bits per heavy atom. The first kappa shape index (κ1) is 14.1. The lowest BCUT2D eigenvalue weighted by atomic mass is 10.0. The van der Waals surface area contributed by atoms with Gasteiger partial charge >= 0.3 is 0 Å². The van der Waals surface area contributed by atoms with E-state index in [0.29, 0.717) is 11.3 Å². The molecule has 21 heavy (non-hydrogen) atoms. The number of fused-ring (bicyclic) bond motifs is 1. The zero-order chi connectivity index (χ0) is 15.1. The number of furan rings is 1. The molecule has 1 heterocycles. The van der Waals surface area contributed by atoms with Crippen LogP contribution in [0.25, 0.3) is 11.0 Å². The number of ketones is 1. The lowest BCUT2D eigenvalue weighted by molar-refractivity contribution is 0.101. The van der Waals surface area contributed by atoms with Gasteiger partial charge < -0.3 is 4.42 Å². The number of hydrogen-bond acceptors (Lipinski definition) is 2. The van der Waals surface area contributed by atoms with Gasteiger partial charge in [-0.2, -0.15) is 0 Å². The maximum Gasteiger partial charge on any atom is 0.228 e. The summed E-state index contributed by atoms with van der Waals surface area (Å²) in [6.45, 7) is 5.97. The highest BCUT2D eigenvalue weighted by atomic mass is 79.9. The molecule has 3 aromatic rings. The minimum atomic E-state index is -0.0667. The zero-order valence-electron chi connectivity index (χ0n) is 12.2. The fourth-order valence-electron chi connectivity index (χ4n) is 2.43. The Morgan fingerprint density at radius 1 is 1.00 bits per heavy atom. The van der Waals surface area contributed by atoms with Crippen LogP contribution >= 0.6 is 15.9 Å². The van der Waals surface area contributed by atoms with E-state index in [0.717, 1.165) is 26.6 Å². The number of carbonyl (C=O) groups is 1. The fraction of sp³-hybridized carbons (Fsp3) is 0.167. The Morgan fingerprint density at radius 2 is 1.76 bits per heavy atom. The van der Waals surface area contributed by atoms with Crippen molar-refractivity contribution in [1.82, 2.24) is 0 Å². The normalized spacial score (nSPS) is 11.0. The molecule has 3 heteroatoms. The quantitative estimate of drug-likeness (QED) is 0.587. The first-order valence-corrected chi connectivity index (χ1v) is 7.57. The highest BCUT2D eigenvalue weighted by Crippen LogP contribution is 2.29. The van der Waals surface area contributed by atoms with E-state index in [1.54, 1.807) is 0 Å². The van der Waals surface area contributed by atoms with Gasteiger partial charge in [0.2, 0.25) is 5.78 Å². The van der Waals surface area contributed by atoms with Gasteiger partial charge in [-0.05, 0) is 56.2 Å². The highest BCUT2D eigenvalue weighted by molar-refractivity contribution is 9.10. The average Bonchev–Trinajstić information content (AvgIpc) is 2.77. The number of hydrogen-bond donors (Lipinski definition) is 0. The summed E-state index contributed by atoms with van der Waals surface area (Å²) in [7, 11) is 0. The molecule has 0 spiro atoms. The molecule has 0 aliphatic heterocycles. The molecule has 0 atom stereocenters. The number of aryl methyl sites for hydroxylation is 3. The second kappa shape index (κ2) is 5.15. The monoisotopic (exact) mass is 342 g/mol. The standard InChI is InChI=1S/C18H15BrO2/c1-10-4-5-13(8-11(10)2)17(20)18-12(3)15-7-6-14(19)9-16(15)21-18/h4-9H,1-3H3. The predicted octanol–water partition coefficient (Wildman–Crippen LogP) is 5.35. The molecule has 0 fully saturated rings. The summed E-state index contributed by atoms with van der Waals surface area (Å²) in [5, 5.41) is 0.977. The molecule has 3 rings (SSSR count). The molecule has 0 bridgehead atoms. The van der Waals surface area contributed by atoms with Crippen LogP contribution in [0.15, 0.2) is 45.3 Å². The Balaban J connectivity index is 2.13. The van der Waals surface area contributed by atoms with Gasteiger partial charge in [0, 0.05) is 21.0 Å². The molecule has 1 aromatic heterocycles. The first-order chi connectivity index (χ1) is 9.97. The smallest absolute Gasteiger partial charge is 0.228 e. The Labute approximate surface area is 131 Å². The maximum absolute atomic E-state index is 12.7. The van der Waals surface area contributed by atoms with Crippen LogP contribution in [-0.2, 0) is 0 Å². The Kier molecular flexibility index (Phi) is 3.46. The van der Waals surface area contributed by atoms with E-state index in [2.05, 4.69) is 15.9 Å². The van der Waals surface area contributed by atoms with Gasteiger partial charge in [0.05, 0.1) is 0 Å². The number of rotatable bonds is 2. The van der Waals surface area contributed by atoms with Crippen molar-refractivity contribution in [2.45, 2.75) is 20.8 Å². The van der Waals surface area contributed by atoms with Gasteiger partial charge in [0.1, 0.15) is 5.58 Å². The van der Waals surface area contributed by atoms with Crippen molar-refractivity contribution in [3.05, 3.63) is 68.9 Å². The van der Waals surface area contributed by atoms with E-state index in [1.165, 1.54) is 5.56 Å². The van der Waals surface area contributed by atoms with Gasteiger partial charge in [-0.1, -0.05) is 28.1 Å². The van der Waals surface area contributed by atoms with Gasteiger partial charge in [-0.15, -0.1) is 0 Å². The molecule has 2 aromatic carbocycles. The van der Waals surface area contributed by atoms with Crippen molar-refractivity contribution in [3.63, 3.8) is 0 Å². The molecular formula is C18H15BrO2. The van der Waals surface area contributed by atoms with Crippen molar-refractivity contribution in [3.8, 4) is 0 Å². The Hall–Kier alpha value is -1.87. The summed E-state index contributed by atoms with van der Waals surface area (Å²) < 4.78 is 6.73. The van der Waals surface area contributed by atoms with Crippen LogP contribution in [0.4, 0.5) is 0 Å². The molecule has 0 radical (unpaired) electrons. The molecule has 0 N–H and O–H groups in total. The first-order valence-electron chi connectivity index (χ1n) is 6.78. The summed E-state index contributed by atoms with van der Waals surface area (Å²) in [5.41, 5.74) is 4.57. The van der Waals surface area contributed by atoms with Crippen molar-refractivity contribution in [1.29, 1.82) is 0 Å². The van der Waals surface area contributed by atoms with Gasteiger partial charge in [0.15, 0.2) is 5.76 Å². The number of halogens is 1. The van der Waals surface area contributed by atoms with Crippen LogP contribution in [0.1, 0.15) is 32.8 Å². The second-order valence-electron chi connectivity index (χ2n) is 5.32. The van der Waals surface area contributed by atoms with Crippen molar-refractivity contribution in [2.75, 3.05) is 0 Å². The summed E-state index contributed by atoms with van der Waals surface area (Å²) in [5.74, 6) is 0.356. The van der Waals surface area contributed by atoms with Crippen LogP contribution in [0, 0.1) is 20.8 Å². The van der Waals surface area contributed by atoms with Crippen LogP contribution in [0.5, 0.6) is 0 Å². The molecule has 0 aliphatic carbocycles. The van der Waals surface area contributed by atoms with Crippen LogP contribution in [0.3, 0.4) is 0 Å². The van der Waals surface area contributed by atoms with E-state index in [1.807, 2.05) is 57.2 Å². The van der Waals surface area contributed by atoms with E-state index >= 15 is 0 Å². The third kappa shape index (κ3) is 2.42. The molecule has 0 aliphatic rings. The average molecular weight is 343 g/mol. The predicted molar refractivity (Wildman–Crippen MR) is 88.0 cm³/mol. The second-order valence-corrected chi connectivity index (χ2v) is 6.24. The van der Waals surface area contributed by atoms with E-state index < -0.39 is 0 Å². The topological polar surface area (TPSA) is 30.2 Å². The van der Waals surface area contributed by atoms with Crippen molar-refractivity contribution < 1.29 is 9.21 Å². The van der Waals surface area contributed by atoms with Gasteiger partial charge in [-0.3, -0.25) is 4.79 Å². The minimum Gasteiger partial charge on any atom is -0.452 e. The van der Waals surface area contributed by atoms with Crippen LogP contribution in [-0.4, -0.2) is 5.78 Å². The molecule has 0 saturated heterocycles. The van der Waals surface area contributed by atoms with E-state index in [9.17, 15) is 4.79 Å². The minimum absolute atomic E-state index is 0.0667. The van der Waals surface area contributed by atoms with Crippen LogP contribution in [0.2, 0.25) is 0 Å². The summed E-state index contributed by atoms with van der Waals surface area (Å²) in [4.78, 5) is 12.7. The molecule has 0 amide bonds. The van der Waals surface area contributed by atoms with Gasteiger partial charge in [-0.25, -0.2) is 0 Å². The summed E-state index contributed by atoms with van der Waals surface area (Å²) in [6.07, 6.45) is 0. The number of carbonyl (C=O) groups excluding carboxylic acids is 1. The van der Waals surface area contributed by atoms with Crippen LogP contribution < -0.4 is 0 Å². The lowest BCUT2D eigenvalue weighted by Gasteiger charge is -2.03. The third-order valence-electron chi connectivity index (χ3n) is 3.88. The van der Waals surface area contributed by atoms with Crippen molar-refractivity contribution in [2.24, 2.45) is 0 Å². The van der Waals surface area contributed by atoms with Crippen molar-refractivity contribution >= 4 is 32.7 Å². The van der Waals surface area contributed by atoms with E-state index in [4.69, 9.17) is 4.42 Å². The largest absolute Gasteiger partial charge is 0.452 e. The lowest BCUT2D eigenvalue weighted by Crippen LogP contribution is -2.02.